The maximum atomic E-state index is 9.60. The van der Waals surface area contributed by atoms with Gasteiger partial charge in [-0.3, -0.25) is 4.98 Å². The van der Waals surface area contributed by atoms with E-state index in [0.717, 1.165) is 10.9 Å². The number of benzene rings is 1. The van der Waals surface area contributed by atoms with Crippen LogP contribution in [-0.2, 0) is 0 Å². The minimum absolute atomic E-state index is 0.0478. The monoisotopic (exact) mass is 214 g/mol. The molecule has 1 N–H and O–H groups in total. The summed E-state index contributed by atoms with van der Waals surface area (Å²) in [6.45, 7) is 1.85. The Morgan fingerprint density at radius 3 is 2.81 bits per heavy atom. The van der Waals surface area contributed by atoms with Crippen molar-refractivity contribution in [1.29, 1.82) is 5.26 Å². The smallest absolute Gasteiger partial charge is 0.161 e. The van der Waals surface area contributed by atoms with Crippen LogP contribution in [0.5, 0.6) is 11.5 Å². The number of hydrogen-bond acceptors (Lipinski definition) is 4. The predicted molar refractivity (Wildman–Crippen MR) is 59.4 cm³/mol. The highest BCUT2D eigenvalue weighted by atomic mass is 16.5. The van der Waals surface area contributed by atoms with E-state index >= 15 is 0 Å². The first kappa shape index (κ1) is 10.2. The Kier molecular flexibility index (Phi) is 2.37. The average molecular weight is 214 g/mol. The number of ether oxygens (including phenoxy) is 1. The second kappa shape index (κ2) is 3.70. The highest BCUT2D eigenvalue weighted by molar-refractivity contribution is 5.86. The lowest BCUT2D eigenvalue weighted by Gasteiger charge is -2.07. The maximum absolute atomic E-state index is 9.60. The quantitative estimate of drug-likeness (QED) is 0.789. The topological polar surface area (TPSA) is 66.1 Å². The lowest BCUT2D eigenvalue weighted by atomic mass is 10.1. The summed E-state index contributed by atoms with van der Waals surface area (Å²) < 4.78 is 5.02. The Bertz CT molecular complexity index is 600. The van der Waals surface area contributed by atoms with Crippen molar-refractivity contribution in [3.8, 4) is 17.6 Å². The number of methoxy groups -OCH3 is 1. The molecule has 0 amide bonds. The summed E-state index contributed by atoms with van der Waals surface area (Å²) in [6, 6.07) is 5.29. The number of fused-ring (bicyclic) bond motifs is 1. The van der Waals surface area contributed by atoms with Crippen LogP contribution in [0.4, 0.5) is 0 Å². The predicted octanol–water partition coefficient (Wildman–Crippen LogP) is 2.13. The molecule has 2 rings (SSSR count). The zero-order valence-electron chi connectivity index (χ0n) is 8.98. The van der Waals surface area contributed by atoms with Crippen LogP contribution >= 0.6 is 0 Å². The summed E-state index contributed by atoms with van der Waals surface area (Å²) in [5.41, 5.74) is 2.01. The lowest BCUT2D eigenvalue weighted by Crippen LogP contribution is -1.91. The van der Waals surface area contributed by atoms with Crippen LogP contribution in [-0.4, -0.2) is 17.2 Å². The number of phenolic OH excluding ortho intramolecular Hbond substituents is 1. The number of pyridine rings is 1. The van der Waals surface area contributed by atoms with Gasteiger partial charge in [-0.1, -0.05) is 0 Å². The highest BCUT2D eigenvalue weighted by Crippen LogP contribution is 2.32. The Labute approximate surface area is 92.7 Å². The molecule has 0 aliphatic heterocycles. The minimum Gasteiger partial charge on any atom is -0.504 e. The molecule has 1 heterocycles. The van der Waals surface area contributed by atoms with Gasteiger partial charge in [-0.25, -0.2) is 0 Å². The van der Waals surface area contributed by atoms with Gasteiger partial charge in [-0.05, 0) is 18.6 Å². The van der Waals surface area contributed by atoms with E-state index in [2.05, 4.69) is 11.1 Å². The largest absolute Gasteiger partial charge is 0.504 e. The molecule has 4 heteroatoms. The molecule has 0 aliphatic carbocycles. The van der Waals surface area contributed by atoms with E-state index < -0.39 is 0 Å². The van der Waals surface area contributed by atoms with Gasteiger partial charge in [0.1, 0.15) is 6.07 Å². The van der Waals surface area contributed by atoms with Crippen LogP contribution in [0.15, 0.2) is 18.3 Å². The van der Waals surface area contributed by atoms with E-state index in [1.54, 1.807) is 6.07 Å². The molecule has 0 bridgehead atoms. The summed E-state index contributed by atoms with van der Waals surface area (Å²) in [6.07, 6.45) is 1.50. The number of aryl methyl sites for hydroxylation is 1. The molecule has 0 unspecified atom stereocenters. The van der Waals surface area contributed by atoms with Crippen molar-refractivity contribution in [2.24, 2.45) is 0 Å². The van der Waals surface area contributed by atoms with Gasteiger partial charge in [-0.15, -0.1) is 0 Å². The van der Waals surface area contributed by atoms with E-state index in [1.807, 2.05) is 6.92 Å². The summed E-state index contributed by atoms with van der Waals surface area (Å²) in [7, 11) is 1.48. The van der Waals surface area contributed by atoms with E-state index in [0.29, 0.717) is 16.8 Å². The van der Waals surface area contributed by atoms with Gasteiger partial charge in [-0.2, -0.15) is 5.26 Å². The molecule has 2 aromatic rings. The third-order valence-corrected chi connectivity index (χ3v) is 2.56. The molecule has 1 aromatic carbocycles. The number of rotatable bonds is 1. The van der Waals surface area contributed by atoms with Gasteiger partial charge in [0.2, 0.25) is 0 Å². The Balaban J connectivity index is 2.83. The van der Waals surface area contributed by atoms with Gasteiger partial charge < -0.3 is 9.84 Å². The van der Waals surface area contributed by atoms with Crippen molar-refractivity contribution in [3.63, 3.8) is 0 Å². The molecule has 4 nitrogen and oxygen atoms in total. The van der Waals surface area contributed by atoms with Gasteiger partial charge in [0.15, 0.2) is 11.5 Å². The van der Waals surface area contributed by atoms with Crippen molar-refractivity contribution in [2.45, 2.75) is 6.92 Å². The van der Waals surface area contributed by atoms with Crippen molar-refractivity contribution < 1.29 is 9.84 Å². The molecule has 80 valence electrons. The molecule has 1 aromatic heterocycles. The van der Waals surface area contributed by atoms with Crippen LogP contribution in [0.1, 0.15) is 11.1 Å². The molecule has 0 spiro atoms. The summed E-state index contributed by atoms with van der Waals surface area (Å²) in [4.78, 5) is 4.11. The molecule has 0 fully saturated rings. The van der Waals surface area contributed by atoms with Crippen molar-refractivity contribution in [1.82, 2.24) is 4.98 Å². The Morgan fingerprint density at radius 1 is 1.44 bits per heavy atom. The molecular formula is C12H10N2O2. The number of nitrogens with zero attached hydrogens (tertiary/aromatic N) is 2. The first-order valence-corrected chi connectivity index (χ1v) is 4.73. The van der Waals surface area contributed by atoms with Gasteiger partial charge in [0, 0.05) is 17.6 Å². The average Bonchev–Trinajstić information content (AvgIpc) is 2.29. The van der Waals surface area contributed by atoms with E-state index in [-0.39, 0.29) is 5.75 Å². The zero-order chi connectivity index (χ0) is 11.7. The highest BCUT2D eigenvalue weighted by Gasteiger charge is 2.09. The molecular weight excluding hydrogens is 204 g/mol. The van der Waals surface area contributed by atoms with Crippen LogP contribution < -0.4 is 4.74 Å². The van der Waals surface area contributed by atoms with E-state index in [4.69, 9.17) is 10.00 Å². The normalized spacial score (nSPS) is 10.1. The zero-order valence-corrected chi connectivity index (χ0v) is 8.98. The van der Waals surface area contributed by atoms with Crippen LogP contribution in [0.3, 0.4) is 0 Å². The summed E-state index contributed by atoms with van der Waals surface area (Å²) in [5, 5.41) is 19.3. The third kappa shape index (κ3) is 1.43. The van der Waals surface area contributed by atoms with Crippen molar-refractivity contribution in [3.05, 3.63) is 29.5 Å². The molecule has 0 atom stereocenters. The first-order chi connectivity index (χ1) is 7.67. The standard InChI is InChI=1S/C12H10N2O2/c1-7-8(5-13)6-14-10-4-11(15)12(16-2)3-9(7)10/h3-4,6,15H,1-2H3. The SMILES string of the molecule is COc1cc2c(C)c(C#N)cnc2cc1O. The fourth-order valence-electron chi connectivity index (χ4n) is 1.62. The van der Waals surface area contributed by atoms with Gasteiger partial charge >= 0.3 is 0 Å². The second-order valence-electron chi connectivity index (χ2n) is 3.45. The molecule has 0 saturated heterocycles. The van der Waals surface area contributed by atoms with E-state index in [1.165, 1.54) is 19.4 Å². The minimum atomic E-state index is 0.0478. The summed E-state index contributed by atoms with van der Waals surface area (Å²) in [5.74, 6) is 0.430. The molecule has 16 heavy (non-hydrogen) atoms. The maximum Gasteiger partial charge on any atom is 0.161 e. The Hall–Kier alpha value is -2.28. The van der Waals surface area contributed by atoms with E-state index in [9.17, 15) is 5.11 Å². The second-order valence-corrected chi connectivity index (χ2v) is 3.45. The molecule has 0 radical (unpaired) electrons. The Morgan fingerprint density at radius 2 is 2.19 bits per heavy atom. The van der Waals surface area contributed by atoms with Crippen LogP contribution in [0.2, 0.25) is 0 Å². The molecule has 0 saturated carbocycles. The first-order valence-electron chi connectivity index (χ1n) is 4.73. The van der Waals surface area contributed by atoms with Crippen LogP contribution in [0.25, 0.3) is 10.9 Å². The number of phenols is 1. The number of aromatic nitrogens is 1. The van der Waals surface area contributed by atoms with Crippen molar-refractivity contribution in [2.75, 3.05) is 7.11 Å². The third-order valence-electron chi connectivity index (χ3n) is 2.56. The van der Waals surface area contributed by atoms with Crippen LogP contribution in [0, 0.1) is 18.3 Å². The summed E-state index contributed by atoms with van der Waals surface area (Å²) >= 11 is 0. The van der Waals surface area contributed by atoms with Crippen molar-refractivity contribution >= 4 is 10.9 Å². The number of aromatic hydroxyl groups is 1. The fourth-order valence-corrected chi connectivity index (χ4v) is 1.62. The number of hydrogen-bond donors (Lipinski definition) is 1. The number of nitriles is 1. The lowest BCUT2D eigenvalue weighted by molar-refractivity contribution is 0.374. The van der Waals surface area contributed by atoms with Gasteiger partial charge in [0.25, 0.3) is 0 Å². The fraction of sp³-hybridized carbons (Fsp3) is 0.167. The molecule has 0 aliphatic rings. The van der Waals surface area contributed by atoms with Gasteiger partial charge in [0.05, 0.1) is 18.2 Å².